The second-order valence-electron chi connectivity index (χ2n) is 5.53. The molecule has 98 valence electrons. The number of hydrogen-bond acceptors (Lipinski definition) is 4. The van der Waals surface area contributed by atoms with Crippen LogP contribution in [0.15, 0.2) is 11.1 Å². The van der Waals surface area contributed by atoms with Gasteiger partial charge in [0, 0.05) is 6.08 Å². The predicted octanol–water partition coefficient (Wildman–Crippen LogP) is 2.79. The second-order valence-corrected chi connectivity index (χ2v) is 5.93. The first-order valence-electron chi connectivity index (χ1n) is 5.24. The Morgan fingerprint density at radius 3 is 1.71 bits per heavy atom. The van der Waals surface area contributed by atoms with E-state index >= 15 is 0 Å². The summed E-state index contributed by atoms with van der Waals surface area (Å²) in [5, 5.41) is -0.297. The lowest BCUT2D eigenvalue weighted by Crippen LogP contribution is -2.25. The molecule has 17 heavy (non-hydrogen) atoms. The van der Waals surface area contributed by atoms with Crippen molar-refractivity contribution >= 4 is 23.5 Å². The lowest BCUT2D eigenvalue weighted by molar-refractivity contribution is -0.152. The fourth-order valence-electron chi connectivity index (χ4n) is 0.820. The molecule has 0 rings (SSSR count). The minimum absolute atomic E-state index is 0.297. The van der Waals surface area contributed by atoms with Crippen LogP contribution in [0.3, 0.4) is 0 Å². The van der Waals surface area contributed by atoms with E-state index in [9.17, 15) is 9.59 Å². The normalized spacial score (nSPS) is 13.2. The first-order valence-corrected chi connectivity index (χ1v) is 5.62. The Kier molecular flexibility index (Phi) is 5.20. The molecule has 0 aromatic heterocycles. The van der Waals surface area contributed by atoms with Crippen molar-refractivity contribution in [3.63, 3.8) is 0 Å². The topological polar surface area (TPSA) is 52.6 Å². The third kappa shape index (κ3) is 8.74. The molecule has 0 saturated heterocycles. The SMILES string of the molecule is CC(C)(C)OC(=O)/C=C(\Cl)C(=O)OC(C)(C)C. The minimum atomic E-state index is -0.745. The Labute approximate surface area is 107 Å². The largest absolute Gasteiger partial charge is 0.457 e. The smallest absolute Gasteiger partial charge is 0.350 e. The summed E-state index contributed by atoms with van der Waals surface area (Å²) in [6.07, 6.45) is 0.918. The molecular formula is C12H19ClO4. The van der Waals surface area contributed by atoms with E-state index in [-0.39, 0.29) is 5.03 Å². The highest BCUT2D eigenvalue weighted by Crippen LogP contribution is 2.14. The van der Waals surface area contributed by atoms with Gasteiger partial charge in [0.15, 0.2) is 0 Å². The molecule has 0 amide bonds. The summed E-state index contributed by atoms with van der Waals surface area (Å²) in [5.74, 6) is -1.42. The van der Waals surface area contributed by atoms with Gasteiger partial charge in [-0.1, -0.05) is 11.6 Å². The van der Waals surface area contributed by atoms with Gasteiger partial charge in [-0.3, -0.25) is 0 Å². The van der Waals surface area contributed by atoms with E-state index in [1.54, 1.807) is 41.5 Å². The van der Waals surface area contributed by atoms with Crippen LogP contribution in [0, 0.1) is 0 Å². The monoisotopic (exact) mass is 262 g/mol. The highest BCUT2D eigenvalue weighted by Gasteiger charge is 2.21. The number of ether oxygens (including phenoxy) is 2. The van der Waals surface area contributed by atoms with Crippen molar-refractivity contribution in [1.29, 1.82) is 0 Å². The zero-order valence-electron chi connectivity index (χ0n) is 11.1. The summed E-state index contributed by atoms with van der Waals surface area (Å²) < 4.78 is 9.96. The van der Waals surface area contributed by atoms with Crippen LogP contribution in [-0.4, -0.2) is 23.1 Å². The quantitative estimate of drug-likeness (QED) is 0.567. The van der Waals surface area contributed by atoms with Gasteiger partial charge < -0.3 is 9.47 Å². The van der Waals surface area contributed by atoms with Crippen LogP contribution < -0.4 is 0 Å². The molecule has 0 saturated carbocycles. The van der Waals surface area contributed by atoms with Gasteiger partial charge in [0.25, 0.3) is 0 Å². The van der Waals surface area contributed by atoms with Gasteiger partial charge in [0.1, 0.15) is 16.2 Å². The van der Waals surface area contributed by atoms with Gasteiger partial charge in [0.2, 0.25) is 0 Å². The van der Waals surface area contributed by atoms with Crippen molar-refractivity contribution in [2.75, 3.05) is 0 Å². The van der Waals surface area contributed by atoms with Crippen LogP contribution in [0.2, 0.25) is 0 Å². The van der Waals surface area contributed by atoms with Crippen molar-refractivity contribution in [1.82, 2.24) is 0 Å². The Bertz CT molecular complexity index is 331. The van der Waals surface area contributed by atoms with E-state index in [0.29, 0.717) is 0 Å². The number of rotatable bonds is 2. The molecule has 0 aliphatic rings. The number of esters is 2. The molecule has 0 spiro atoms. The molecule has 0 unspecified atom stereocenters. The Morgan fingerprint density at radius 1 is 0.941 bits per heavy atom. The van der Waals surface area contributed by atoms with Gasteiger partial charge in [-0.2, -0.15) is 0 Å². The van der Waals surface area contributed by atoms with Crippen molar-refractivity contribution < 1.29 is 19.1 Å². The maximum Gasteiger partial charge on any atom is 0.350 e. The Balaban J connectivity index is 4.55. The average Bonchev–Trinajstić information content (AvgIpc) is 1.95. The number of hydrogen-bond donors (Lipinski definition) is 0. The van der Waals surface area contributed by atoms with E-state index in [0.717, 1.165) is 6.08 Å². The zero-order chi connectivity index (χ0) is 13.9. The van der Waals surface area contributed by atoms with Crippen LogP contribution in [0.5, 0.6) is 0 Å². The molecule has 0 radical (unpaired) electrons. The molecule has 0 fully saturated rings. The highest BCUT2D eigenvalue weighted by molar-refractivity contribution is 6.42. The number of halogens is 1. The fraction of sp³-hybridized carbons (Fsp3) is 0.667. The molecule has 0 N–H and O–H groups in total. The van der Waals surface area contributed by atoms with Gasteiger partial charge in [0.05, 0.1) is 0 Å². The molecule has 0 aromatic rings. The van der Waals surface area contributed by atoms with Crippen molar-refractivity contribution in [3.8, 4) is 0 Å². The van der Waals surface area contributed by atoms with Gasteiger partial charge in [-0.25, -0.2) is 9.59 Å². The van der Waals surface area contributed by atoms with E-state index in [2.05, 4.69) is 0 Å². The van der Waals surface area contributed by atoms with Crippen LogP contribution in [-0.2, 0) is 19.1 Å². The molecule has 0 aliphatic carbocycles. The zero-order valence-corrected chi connectivity index (χ0v) is 11.8. The number of carbonyl (C=O) groups is 2. The fourth-order valence-corrected chi connectivity index (χ4v) is 0.948. The van der Waals surface area contributed by atoms with Crippen LogP contribution >= 0.6 is 11.6 Å². The second kappa shape index (κ2) is 5.54. The molecule has 0 aliphatic heterocycles. The van der Waals surface area contributed by atoms with Crippen molar-refractivity contribution in [2.24, 2.45) is 0 Å². The summed E-state index contributed by atoms with van der Waals surface area (Å²) in [6, 6.07) is 0. The lowest BCUT2D eigenvalue weighted by atomic mass is 10.2. The summed E-state index contributed by atoms with van der Waals surface area (Å²) in [5.41, 5.74) is -1.28. The molecular weight excluding hydrogens is 244 g/mol. The van der Waals surface area contributed by atoms with Gasteiger partial charge >= 0.3 is 11.9 Å². The average molecular weight is 263 g/mol. The first-order chi connectivity index (χ1) is 7.41. The van der Waals surface area contributed by atoms with E-state index in [4.69, 9.17) is 21.1 Å². The van der Waals surface area contributed by atoms with Crippen molar-refractivity contribution in [3.05, 3.63) is 11.1 Å². The van der Waals surface area contributed by atoms with Crippen molar-refractivity contribution in [2.45, 2.75) is 52.7 Å². The molecule has 5 heteroatoms. The van der Waals surface area contributed by atoms with E-state index in [1.807, 2.05) is 0 Å². The summed E-state index contributed by atoms with van der Waals surface area (Å²) in [6.45, 7) is 10.3. The van der Waals surface area contributed by atoms with Gasteiger partial charge in [-0.05, 0) is 41.5 Å². The Morgan fingerprint density at radius 2 is 1.35 bits per heavy atom. The molecule has 0 atom stereocenters. The number of carbonyl (C=O) groups excluding carboxylic acids is 2. The van der Waals surface area contributed by atoms with Crippen LogP contribution in [0.1, 0.15) is 41.5 Å². The van der Waals surface area contributed by atoms with Gasteiger partial charge in [-0.15, -0.1) is 0 Å². The maximum absolute atomic E-state index is 11.4. The third-order valence-corrected chi connectivity index (χ3v) is 1.51. The first kappa shape index (κ1) is 16.0. The van der Waals surface area contributed by atoms with Crippen LogP contribution in [0.25, 0.3) is 0 Å². The maximum atomic E-state index is 11.4. The molecule has 4 nitrogen and oxygen atoms in total. The minimum Gasteiger partial charge on any atom is -0.457 e. The lowest BCUT2D eigenvalue weighted by Gasteiger charge is -2.20. The van der Waals surface area contributed by atoms with Crippen LogP contribution in [0.4, 0.5) is 0 Å². The predicted molar refractivity (Wildman–Crippen MR) is 65.6 cm³/mol. The van der Waals surface area contributed by atoms with E-state index < -0.39 is 23.1 Å². The summed E-state index contributed by atoms with van der Waals surface area (Å²) >= 11 is 5.65. The molecule has 0 bridgehead atoms. The summed E-state index contributed by atoms with van der Waals surface area (Å²) in [7, 11) is 0. The molecule has 0 heterocycles. The third-order valence-electron chi connectivity index (χ3n) is 1.25. The van der Waals surface area contributed by atoms with E-state index in [1.165, 1.54) is 0 Å². The standard InChI is InChI=1S/C12H19ClO4/c1-11(2,3)16-9(14)7-8(13)10(15)17-12(4,5)6/h7H,1-6H3/b8-7-. The highest BCUT2D eigenvalue weighted by atomic mass is 35.5. The summed E-state index contributed by atoms with van der Waals surface area (Å²) in [4.78, 5) is 22.8. The molecule has 0 aromatic carbocycles. The Hall–Kier alpha value is -1.03.